The van der Waals surface area contributed by atoms with E-state index in [2.05, 4.69) is 144 Å². The van der Waals surface area contributed by atoms with Gasteiger partial charge in [0.2, 0.25) is 0 Å². The van der Waals surface area contributed by atoms with Gasteiger partial charge in [0.15, 0.2) is 0 Å². The van der Waals surface area contributed by atoms with E-state index in [0.29, 0.717) is 0 Å². The van der Waals surface area contributed by atoms with Gasteiger partial charge in [-0.15, -0.1) is 0 Å². The second-order valence-corrected chi connectivity index (χ2v) is 10.9. The van der Waals surface area contributed by atoms with Crippen LogP contribution in [0, 0.1) is 0 Å². The van der Waals surface area contributed by atoms with Crippen LogP contribution in [0.3, 0.4) is 0 Å². The van der Waals surface area contributed by atoms with Crippen molar-refractivity contribution in [2.75, 3.05) is 0 Å². The van der Waals surface area contributed by atoms with E-state index in [1.165, 1.54) is 60.9 Å². The third kappa shape index (κ3) is 2.93. The summed E-state index contributed by atoms with van der Waals surface area (Å²) in [5, 5.41) is 2.62. The Morgan fingerprint density at radius 3 is 2.11 bits per heavy atom. The molecular formula is C33H24BrN. The van der Waals surface area contributed by atoms with Gasteiger partial charge in [-0.1, -0.05) is 103 Å². The molecule has 1 aromatic heterocycles. The average molecular weight is 514 g/mol. The van der Waals surface area contributed by atoms with Gasteiger partial charge in [0.05, 0.1) is 11.0 Å². The number of halogens is 1. The lowest BCUT2D eigenvalue weighted by Gasteiger charge is -2.24. The first kappa shape index (κ1) is 20.7. The van der Waals surface area contributed by atoms with Crippen LogP contribution in [0.2, 0.25) is 0 Å². The molecule has 0 spiro atoms. The Balaban J connectivity index is 1.55. The lowest BCUT2D eigenvalue weighted by atomic mass is 9.80. The maximum absolute atomic E-state index is 3.57. The highest BCUT2D eigenvalue weighted by molar-refractivity contribution is 9.10. The molecule has 5 aromatic carbocycles. The van der Waals surface area contributed by atoms with E-state index in [9.17, 15) is 0 Å². The highest BCUT2D eigenvalue weighted by Crippen LogP contribution is 2.53. The van der Waals surface area contributed by atoms with Gasteiger partial charge in [-0.25, -0.2) is 0 Å². The molecule has 0 bridgehead atoms. The molecular weight excluding hydrogens is 490 g/mol. The fraction of sp³-hybridized carbons (Fsp3) is 0.0909. The molecule has 35 heavy (non-hydrogen) atoms. The standard InChI is InChI=1S/C33H24BrN/c1-33(2)29-20-22(21-12-15-23(34)16-13-21)14-17-25(29)27-18-19-28-26-10-6-7-11-30(26)35(32(28)31(27)33)24-8-4-3-5-9-24/h3-20H,1-2H3. The van der Waals surface area contributed by atoms with Gasteiger partial charge in [-0.3, -0.25) is 0 Å². The first-order valence-electron chi connectivity index (χ1n) is 12.1. The minimum Gasteiger partial charge on any atom is -0.309 e. The largest absolute Gasteiger partial charge is 0.309 e. The molecule has 168 valence electrons. The second-order valence-electron chi connectivity index (χ2n) is 9.96. The molecule has 0 saturated heterocycles. The molecule has 1 aliphatic rings. The van der Waals surface area contributed by atoms with E-state index in [-0.39, 0.29) is 5.41 Å². The number of nitrogens with zero attached hydrogens (tertiary/aromatic N) is 1. The second kappa shape index (κ2) is 7.44. The molecule has 0 unspecified atom stereocenters. The summed E-state index contributed by atoms with van der Waals surface area (Å²) in [6.07, 6.45) is 0. The highest BCUT2D eigenvalue weighted by Gasteiger charge is 2.38. The molecule has 0 aliphatic heterocycles. The zero-order valence-corrected chi connectivity index (χ0v) is 21.3. The van der Waals surface area contributed by atoms with Gasteiger partial charge < -0.3 is 4.57 Å². The van der Waals surface area contributed by atoms with Crippen LogP contribution in [0.4, 0.5) is 0 Å². The van der Waals surface area contributed by atoms with Gasteiger partial charge in [-0.2, -0.15) is 0 Å². The maximum Gasteiger partial charge on any atom is 0.0588 e. The summed E-state index contributed by atoms with van der Waals surface area (Å²) >= 11 is 3.57. The van der Waals surface area contributed by atoms with E-state index in [1.807, 2.05) is 0 Å². The van der Waals surface area contributed by atoms with Crippen molar-refractivity contribution in [3.05, 3.63) is 125 Å². The number of aromatic nitrogens is 1. The molecule has 0 radical (unpaired) electrons. The van der Waals surface area contributed by atoms with Crippen LogP contribution in [0.5, 0.6) is 0 Å². The third-order valence-corrected chi connectivity index (χ3v) is 8.17. The van der Waals surface area contributed by atoms with Crippen LogP contribution >= 0.6 is 15.9 Å². The summed E-state index contributed by atoms with van der Waals surface area (Å²) in [4.78, 5) is 0. The molecule has 7 rings (SSSR count). The topological polar surface area (TPSA) is 4.93 Å². The average Bonchev–Trinajstić information content (AvgIpc) is 3.34. The Kier molecular flexibility index (Phi) is 4.40. The van der Waals surface area contributed by atoms with E-state index >= 15 is 0 Å². The minimum absolute atomic E-state index is 0.129. The van der Waals surface area contributed by atoms with Crippen LogP contribution in [0.1, 0.15) is 25.0 Å². The van der Waals surface area contributed by atoms with Crippen molar-refractivity contribution in [1.29, 1.82) is 0 Å². The van der Waals surface area contributed by atoms with Crippen LogP contribution in [0.15, 0.2) is 114 Å². The van der Waals surface area contributed by atoms with Crippen LogP contribution < -0.4 is 0 Å². The smallest absolute Gasteiger partial charge is 0.0588 e. The molecule has 0 amide bonds. The third-order valence-electron chi connectivity index (χ3n) is 7.64. The molecule has 1 heterocycles. The summed E-state index contributed by atoms with van der Waals surface area (Å²) in [5.74, 6) is 0. The molecule has 1 nitrogen and oxygen atoms in total. The van der Waals surface area contributed by atoms with E-state index in [1.54, 1.807) is 0 Å². The van der Waals surface area contributed by atoms with Crippen molar-refractivity contribution < 1.29 is 0 Å². The van der Waals surface area contributed by atoms with E-state index < -0.39 is 0 Å². The van der Waals surface area contributed by atoms with Crippen LogP contribution in [-0.2, 0) is 5.41 Å². The first-order chi connectivity index (χ1) is 17.0. The Labute approximate surface area is 213 Å². The number of hydrogen-bond acceptors (Lipinski definition) is 0. The zero-order chi connectivity index (χ0) is 23.7. The zero-order valence-electron chi connectivity index (χ0n) is 19.7. The van der Waals surface area contributed by atoms with E-state index in [0.717, 1.165) is 4.47 Å². The highest BCUT2D eigenvalue weighted by atomic mass is 79.9. The fourth-order valence-electron chi connectivity index (χ4n) is 6.01. The normalized spacial score (nSPS) is 13.8. The van der Waals surface area contributed by atoms with Crippen LogP contribution in [0.25, 0.3) is 49.7 Å². The molecule has 0 N–H and O–H groups in total. The summed E-state index contributed by atoms with van der Waals surface area (Å²) in [6, 6.07) is 39.8. The fourth-order valence-corrected chi connectivity index (χ4v) is 6.28. The molecule has 6 aromatic rings. The predicted molar refractivity (Wildman–Crippen MR) is 151 cm³/mol. The van der Waals surface area contributed by atoms with Crippen molar-refractivity contribution in [2.24, 2.45) is 0 Å². The first-order valence-corrected chi connectivity index (χ1v) is 12.9. The van der Waals surface area contributed by atoms with Crippen molar-refractivity contribution in [3.8, 4) is 27.9 Å². The Bertz CT molecular complexity index is 1760. The lowest BCUT2D eigenvalue weighted by Crippen LogP contribution is -2.16. The summed E-state index contributed by atoms with van der Waals surface area (Å²) in [7, 11) is 0. The van der Waals surface area contributed by atoms with Crippen molar-refractivity contribution in [3.63, 3.8) is 0 Å². The quantitative estimate of drug-likeness (QED) is 0.217. The van der Waals surface area contributed by atoms with Gasteiger partial charge in [0, 0.05) is 26.3 Å². The molecule has 1 aliphatic carbocycles. The summed E-state index contributed by atoms with van der Waals surface area (Å²) in [6.45, 7) is 4.77. The SMILES string of the molecule is CC1(C)c2cc(-c3ccc(Br)cc3)ccc2-c2ccc3c4ccccc4n(-c4ccccc4)c3c21. The monoisotopic (exact) mass is 513 g/mol. The van der Waals surface area contributed by atoms with Crippen molar-refractivity contribution in [1.82, 2.24) is 4.57 Å². The van der Waals surface area contributed by atoms with E-state index in [4.69, 9.17) is 0 Å². The maximum atomic E-state index is 3.57. The Morgan fingerprint density at radius 2 is 1.31 bits per heavy atom. The molecule has 2 heteroatoms. The van der Waals surface area contributed by atoms with Crippen molar-refractivity contribution in [2.45, 2.75) is 19.3 Å². The van der Waals surface area contributed by atoms with Gasteiger partial charge in [-0.05, 0) is 69.8 Å². The van der Waals surface area contributed by atoms with Crippen molar-refractivity contribution >= 4 is 37.7 Å². The Hall–Kier alpha value is -3.62. The number of hydrogen-bond donors (Lipinski definition) is 0. The molecule has 0 atom stereocenters. The lowest BCUT2D eigenvalue weighted by molar-refractivity contribution is 0.664. The molecule has 0 saturated carbocycles. The number of para-hydroxylation sites is 2. The van der Waals surface area contributed by atoms with Gasteiger partial charge >= 0.3 is 0 Å². The number of benzene rings is 5. The summed E-state index contributed by atoms with van der Waals surface area (Å²) < 4.78 is 3.57. The Morgan fingerprint density at radius 1 is 0.629 bits per heavy atom. The number of rotatable bonds is 2. The van der Waals surface area contributed by atoms with Gasteiger partial charge in [0.25, 0.3) is 0 Å². The predicted octanol–water partition coefficient (Wildman–Crippen LogP) is 9.52. The van der Waals surface area contributed by atoms with Crippen LogP contribution in [-0.4, -0.2) is 4.57 Å². The minimum atomic E-state index is -0.129. The summed E-state index contributed by atoms with van der Waals surface area (Å²) in [5.41, 5.74) is 11.7. The number of fused-ring (bicyclic) bond motifs is 7. The molecule has 0 fully saturated rings. The van der Waals surface area contributed by atoms with Gasteiger partial charge in [0.1, 0.15) is 0 Å².